The molecule has 0 saturated heterocycles. The molecule has 0 unspecified atom stereocenters. The lowest BCUT2D eigenvalue weighted by atomic mass is 10.0. The van der Waals surface area contributed by atoms with Gasteiger partial charge < -0.3 is 15.4 Å². The van der Waals surface area contributed by atoms with E-state index in [9.17, 15) is 22.8 Å². The highest BCUT2D eigenvalue weighted by molar-refractivity contribution is 6.34. The van der Waals surface area contributed by atoms with E-state index in [-0.39, 0.29) is 28.8 Å². The number of alkyl halides is 3. The van der Waals surface area contributed by atoms with Gasteiger partial charge in [-0.15, -0.1) is 0 Å². The monoisotopic (exact) mass is 410 g/mol. The lowest BCUT2D eigenvalue weighted by molar-refractivity contribution is -0.138. The number of rotatable bonds is 3. The van der Waals surface area contributed by atoms with Gasteiger partial charge in [0.2, 0.25) is 5.91 Å². The zero-order valence-electron chi connectivity index (χ0n) is 14.3. The van der Waals surface area contributed by atoms with Crippen LogP contribution < -0.4 is 15.4 Å². The minimum Gasteiger partial charge on any atom is -0.482 e. The number of amides is 2. The lowest BCUT2D eigenvalue weighted by Gasteiger charge is -2.19. The Morgan fingerprint density at radius 3 is 2.75 bits per heavy atom. The van der Waals surface area contributed by atoms with E-state index < -0.39 is 29.5 Å². The van der Waals surface area contributed by atoms with Crippen molar-refractivity contribution in [3.63, 3.8) is 0 Å². The minimum absolute atomic E-state index is 0.123. The van der Waals surface area contributed by atoms with Crippen LogP contribution in [0.15, 0.2) is 36.4 Å². The first kappa shape index (κ1) is 18.6. The minimum atomic E-state index is -4.47. The predicted molar refractivity (Wildman–Crippen MR) is 96.5 cm³/mol. The largest absolute Gasteiger partial charge is 0.482 e. The van der Waals surface area contributed by atoms with Crippen LogP contribution >= 0.6 is 11.6 Å². The van der Waals surface area contributed by atoms with Crippen LogP contribution in [0.25, 0.3) is 0 Å². The van der Waals surface area contributed by atoms with Crippen LogP contribution in [-0.4, -0.2) is 18.4 Å². The van der Waals surface area contributed by atoms with Crippen LogP contribution in [0.2, 0.25) is 5.02 Å². The highest BCUT2D eigenvalue weighted by atomic mass is 35.5. The standard InChI is InChI=1S/C19H14ClF3N2O3/c20-13-6-15-16(28-8-17(26)24-15)7-14(13)25-18(27)11-5-10(11)9-3-1-2-4-12(9)19(21,22)23/h1-4,6-7,10-11H,5,8H2,(H,24,26)(H,25,27)/t10-,11+/m0/s1. The number of carbonyl (C=O) groups excluding carboxylic acids is 2. The summed E-state index contributed by atoms with van der Waals surface area (Å²) in [4.78, 5) is 23.9. The number of ether oxygens (including phenoxy) is 1. The number of hydrogen-bond donors (Lipinski definition) is 2. The molecule has 0 aromatic heterocycles. The molecule has 1 saturated carbocycles. The quantitative estimate of drug-likeness (QED) is 0.786. The highest BCUT2D eigenvalue weighted by Gasteiger charge is 2.48. The smallest absolute Gasteiger partial charge is 0.416 e. The molecule has 0 spiro atoms. The number of halogens is 4. The summed E-state index contributed by atoms with van der Waals surface area (Å²) in [5.41, 5.74) is 0.0722. The summed E-state index contributed by atoms with van der Waals surface area (Å²) in [6, 6.07) is 8.22. The zero-order chi connectivity index (χ0) is 20.1. The molecule has 5 nitrogen and oxygen atoms in total. The SMILES string of the molecule is O=C1COc2cc(NC(=O)[C@@H]3C[C@H]3c3ccccc3C(F)(F)F)c(Cl)cc2N1. The summed E-state index contributed by atoms with van der Waals surface area (Å²) in [7, 11) is 0. The molecule has 2 atom stereocenters. The molecule has 1 aliphatic heterocycles. The lowest BCUT2D eigenvalue weighted by Crippen LogP contribution is -2.25. The molecule has 2 aromatic rings. The van der Waals surface area contributed by atoms with Crippen molar-refractivity contribution in [1.82, 2.24) is 0 Å². The Kier molecular flexibility index (Phi) is 4.45. The Labute approximate surface area is 162 Å². The van der Waals surface area contributed by atoms with Crippen molar-refractivity contribution in [3.05, 3.63) is 52.5 Å². The Morgan fingerprint density at radius 2 is 2.00 bits per heavy atom. The molecule has 2 aliphatic rings. The summed E-state index contributed by atoms with van der Waals surface area (Å²) in [5, 5.41) is 5.43. The number of nitrogens with one attached hydrogen (secondary N) is 2. The molecule has 0 radical (unpaired) electrons. The normalized spacial score (nSPS) is 20.6. The molecule has 1 aliphatic carbocycles. The third kappa shape index (κ3) is 3.52. The van der Waals surface area contributed by atoms with Gasteiger partial charge in [-0.3, -0.25) is 9.59 Å². The summed E-state index contributed by atoms with van der Waals surface area (Å²) in [6.45, 7) is -0.152. The van der Waals surface area contributed by atoms with Crippen LogP contribution in [-0.2, 0) is 15.8 Å². The van der Waals surface area contributed by atoms with Gasteiger partial charge in [0.15, 0.2) is 6.61 Å². The summed E-state index contributed by atoms with van der Waals surface area (Å²) < 4.78 is 44.9. The van der Waals surface area contributed by atoms with Gasteiger partial charge in [-0.05, 0) is 30.0 Å². The Hall–Kier alpha value is -2.74. The second-order valence-corrected chi connectivity index (χ2v) is 7.10. The fourth-order valence-corrected chi connectivity index (χ4v) is 3.54. The number of carbonyl (C=O) groups is 2. The van der Waals surface area contributed by atoms with E-state index in [0.717, 1.165) is 6.07 Å². The van der Waals surface area contributed by atoms with Gasteiger partial charge in [0.05, 0.1) is 22.0 Å². The molecule has 28 heavy (non-hydrogen) atoms. The van der Waals surface area contributed by atoms with Crippen molar-refractivity contribution in [1.29, 1.82) is 0 Å². The maximum absolute atomic E-state index is 13.2. The van der Waals surface area contributed by atoms with Crippen molar-refractivity contribution < 1.29 is 27.5 Å². The van der Waals surface area contributed by atoms with Gasteiger partial charge in [0.1, 0.15) is 5.75 Å². The zero-order valence-corrected chi connectivity index (χ0v) is 15.0. The van der Waals surface area contributed by atoms with E-state index in [1.807, 2.05) is 0 Å². The fraction of sp³-hybridized carbons (Fsp3) is 0.263. The first-order chi connectivity index (χ1) is 13.2. The Morgan fingerprint density at radius 1 is 1.25 bits per heavy atom. The summed E-state index contributed by atoms with van der Waals surface area (Å²) >= 11 is 6.15. The van der Waals surface area contributed by atoms with Crippen LogP contribution in [0, 0.1) is 5.92 Å². The first-order valence-corrected chi connectivity index (χ1v) is 8.85. The second kappa shape index (κ2) is 6.70. The molecule has 1 fully saturated rings. The van der Waals surface area contributed by atoms with Crippen LogP contribution in [0.5, 0.6) is 5.75 Å². The van der Waals surface area contributed by atoms with E-state index in [1.54, 1.807) is 0 Å². The Bertz CT molecular complexity index is 977. The van der Waals surface area contributed by atoms with Crippen molar-refractivity contribution in [2.45, 2.75) is 18.5 Å². The summed E-state index contributed by atoms with van der Waals surface area (Å²) in [5.74, 6) is -1.44. The molecule has 2 amide bonds. The molecular weight excluding hydrogens is 397 g/mol. The third-order valence-electron chi connectivity index (χ3n) is 4.75. The molecule has 2 aromatic carbocycles. The number of fused-ring (bicyclic) bond motifs is 1. The maximum Gasteiger partial charge on any atom is 0.416 e. The number of benzene rings is 2. The van der Waals surface area contributed by atoms with Crippen molar-refractivity contribution in [2.24, 2.45) is 5.92 Å². The van der Waals surface area contributed by atoms with Crippen LogP contribution in [0.3, 0.4) is 0 Å². The van der Waals surface area contributed by atoms with E-state index in [1.165, 1.54) is 30.3 Å². The fourth-order valence-electron chi connectivity index (χ4n) is 3.33. The molecule has 4 rings (SSSR count). The molecule has 9 heteroatoms. The van der Waals surface area contributed by atoms with Crippen molar-refractivity contribution in [2.75, 3.05) is 17.2 Å². The molecule has 2 N–H and O–H groups in total. The van der Waals surface area contributed by atoms with Gasteiger partial charge in [0, 0.05) is 12.0 Å². The van der Waals surface area contributed by atoms with Crippen molar-refractivity contribution in [3.8, 4) is 5.75 Å². The van der Waals surface area contributed by atoms with Gasteiger partial charge in [-0.2, -0.15) is 13.2 Å². The molecule has 146 valence electrons. The van der Waals surface area contributed by atoms with Crippen LogP contribution in [0.4, 0.5) is 24.5 Å². The molecular formula is C19H14ClF3N2O3. The Balaban J connectivity index is 1.51. The van der Waals surface area contributed by atoms with Crippen LogP contribution in [0.1, 0.15) is 23.5 Å². The third-order valence-corrected chi connectivity index (χ3v) is 5.07. The number of anilines is 2. The topological polar surface area (TPSA) is 67.4 Å². The van der Waals surface area contributed by atoms with E-state index in [4.69, 9.17) is 16.3 Å². The van der Waals surface area contributed by atoms with Gasteiger partial charge in [-0.1, -0.05) is 29.8 Å². The van der Waals surface area contributed by atoms with Gasteiger partial charge in [0.25, 0.3) is 5.91 Å². The average molecular weight is 411 g/mol. The number of hydrogen-bond acceptors (Lipinski definition) is 3. The second-order valence-electron chi connectivity index (χ2n) is 6.69. The van der Waals surface area contributed by atoms with E-state index in [2.05, 4.69) is 10.6 Å². The average Bonchev–Trinajstić information content (AvgIpc) is 3.42. The van der Waals surface area contributed by atoms with Gasteiger partial charge in [-0.25, -0.2) is 0 Å². The predicted octanol–water partition coefficient (Wildman–Crippen LogP) is 4.43. The van der Waals surface area contributed by atoms with Gasteiger partial charge >= 0.3 is 6.18 Å². The van der Waals surface area contributed by atoms with E-state index in [0.29, 0.717) is 17.9 Å². The van der Waals surface area contributed by atoms with Crippen molar-refractivity contribution >= 4 is 34.8 Å². The maximum atomic E-state index is 13.2. The highest BCUT2D eigenvalue weighted by Crippen LogP contribution is 2.51. The van der Waals surface area contributed by atoms with E-state index >= 15 is 0 Å². The molecule has 1 heterocycles. The molecule has 0 bridgehead atoms. The summed E-state index contributed by atoms with van der Waals surface area (Å²) in [6.07, 6.45) is -4.14. The first-order valence-electron chi connectivity index (χ1n) is 8.47.